The maximum atomic E-state index is 12.7. The van der Waals surface area contributed by atoms with Gasteiger partial charge in [0, 0.05) is 12.1 Å². The molecule has 2 aliphatic rings. The van der Waals surface area contributed by atoms with Gasteiger partial charge in [0.05, 0.1) is 18.8 Å². The quantitative estimate of drug-likeness (QED) is 0.843. The third kappa shape index (κ3) is 3.04. The van der Waals surface area contributed by atoms with Gasteiger partial charge in [-0.3, -0.25) is 0 Å². The molecule has 1 saturated heterocycles. The fourth-order valence-corrected chi connectivity index (χ4v) is 2.87. The van der Waals surface area contributed by atoms with E-state index in [9.17, 15) is 13.2 Å². The number of alkyl halides is 3. The Bertz CT molecular complexity index is 524. The molecule has 0 saturated carbocycles. The SMILES string of the molecule is FC(F)(F)c1cccc(CC2=CC3COCC(C2)N3)c1. The van der Waals surface area contributed by atoms with Crippen molar-refractivity contribution in [3.63, 3.8) is 0 Å². The molecule has 2 aliphatic heterocycles. The average Bonchev–Trinajstić information content (AvgIpc) is 2.37. The molecule has 108 valence electrons. The number of hydrogen-bond donors (Lipinski definition) is 1. The second kappa shape index (κ2) is 5.22. The molecule has 2 atom stereocenters. The van der Waals surface area contributed by atoms with Crippen molar-refractivity contribution in [3.05, 3.63) is 47.0 Å². The van der Waals surface area contributed by atoms with Gasteiger partial charge < -0.3 is 10.1 Å². The molecule has 1 fully saturated rings. The van der Waals surface area contributed by atoms with Crippen LogP contribution in [0.25, 0.3) is 0 Å². The maximum absolute atomic E-state index is 12.7. The fraction of sp³-hybridized carbons (Fsp3) is 0.467. The summed E-state index contributed by atoms with van der Waals surface area (Å²) in [5.74, 6) is 0. The van der Waals surface area contributed by atoms with E-state index < -0.39 is 11.7 Å². The molecule has 3 rings (SSSR count). The van der Waals surface area contributed by atoms with Crippen LogP contribution in [0.5, 0.6) is 0 Å². The predicted molar refractivity (Wildman–Crippen MR) is 69.4 cm³/mol. The maximum Gasteiger partial charge on any atom is 0.416 e. The summed E-state index contributed by atoms with van der Waals surface area (Å²) in [6.07, 6.45) is -0.760. The Labute approximate surface area is 115 Å². The first-order valence-corrected chi connectivity index (χ1v) is 6.70. The third-order valence-electron chi connectivity index (χ3n) is 3.70. The zero-order valence-electron chi connectivity index (χ0n) is 10.9. The number of nitrogens with one attached hydrogen (secondary N) is 1. The summed E-state index contributed by atoms with van der Waals surface area (Å²) < 4.78 is 43.5. The van der Waals surface area contributed by atoms with Gasteiger partial charge in [0.2, 0.25) is 0 Å². The molecule has 0 aromatic heterocycles. The van der Waals surface area contributed by atoms with Crippen LogP contribution < -0.4 is 5.32 Å². The van der Waals surface area contributed by atoms with Gasteiger partial charge in [0.25, 0.3) is 0 Å². The van der Waals surface area contributed by atoms with Crippen LogP contribution in [0.1, 0.15) is 17.5 Å². The molecule has 2 heterocycles. The van der Waals surface area contributed by atoms with Crippen molar-refractivity contribution in [2.75, 3.05) is 13.2 Å². The molecule has 2 nitrogen and oxygen atoms in total. The van der Waals surface area contributed by atoms with E-state index in [0.717, 1.165) is 12.5 Å². The number of morpholine rings is 1. The van der Waals surface area contributed by atoms with Crippen LogP contribution in [0.3, 0.4) is 0 Å². The molecular formula is C15H16F3NO. The molecule has 1 aromatic carbocycles. The Kier molecular flexibility index (Phi) is 3.56. The first kappa shape index (κ1) is 13.6. The van der Waals surface area contributed by atoms with Crippen molar-refractivity contribution in [1.82, 2.24) is 5.32 Å². The van der Waals surface area contributed by atoms with Gasteiger partial charge in [0.15, 0.2) is 0 Å². The molecule has 0 amide bonds. The largest absolute Gasteiger partial charge is 0.416 e. The van der Waals surface area contributed by atoms with Crippen LogP contribution in [-0.2, 0) is 17.3 Å². The Morgan fingerprint density at radius 3 is 2.85 bits per heavy atom. The van der Waals surface area contributed by atoms with Gasteiger partial charge >= 0.3 is 6.18 Å². The van der Waals surface area contributed by atoms with E-state index in [1.54, 1.807) is 6.07 Å². The summed E-state index contributed by atoms with van der Waals surface area (Å²) in [5.41, 5.74) is 1.33. The van der Waals surface area contributed by atoms with Crippen LogP contribution in [0.4, 0.5) is 13.2 Å². The standard InChI is InChI=1S/C15H16F3NO/c16-15(17,18)12-3-1-2-10(5-12)4-11-6-13-8-20-9-14(7-11)19-13/h1-3,5-6,13-14,19H,4,7-9H2. The Balaban J connectivity index is 1.76. The summed E-state index contributed by atoms with van der Waals surface area (Å²) in [6.45, 7) is 1.32. The lowest BCUT2D eigenvalue weighted by Crippen LogP contribution is -2.50. The van der Waals surface area contributed by atoms with Crippen LogP contribution in [0.15, 0.2) is 35.9 Å². The first-order chi connectivity index (χ1) is 9.50. The molecule has 5 heteroatoms. The van der Waals surface area contributed by atoms with E-state index in [1.807, 2.05) is 0 Å². The van der Waals surface area contributed by atoms with Crippen LogP contribution in [-0.4, -0.2) is 25.3 Å². The number of halogens is 3. The monoisotopic (exact) mass is 283 g/mol. The van der Waals surface area contributed by atoms with E-state index in [0.29, 0.717) is 31.2 Å². The minimum Gasteiger partial charge on any atom is -0.378 e. The van der Waals surface area contributed by atoms with Gasteiger partial charge in [-0.25, -0.2) is 0 Å². The Hall–Kier alpha value is -1.33. The van der Waals surface area contributed by atoms with Crippen molar-refractivity contribution in [2.45, 2.75) is 31.1 Å². The molecule has 1 N–H and O–H groups in total. The normalized spacial score (nSPS) is 26.2. The molecular weight excluding hydrogens is 267 g/mol. The average molecular weight is 283 g/mol. The van der Waals surface area contributed by atoms with Gasteiger partial charge in [-0.1, -0.05) is 29.8 Å². The lowest BCUT2D eigenvalue weighted by molar-refractivity contribution is -0.137. The molecule has 0 spiro atoms. The topological polar surface area (TPSA) is 21.3 Å². The number of rotatable bonds is 2. The van der Waals surface area contributed by atoms with Crippen molar-refractivity contribution in [1.29, 1.82) is 0 Å². The van der Waals surface area contributed by atoms with E-state index in [2.05, 4.69) is 11.4 Å². The highest BCUT2D eigenvalue weighted by atomic mass is 19.4. The second-order valence-electron chi connectivity index (χ2n) is 5.41. The highest BCUT2D eigenvalue weighted by Gasteiger charge is 2.31. The highest BCUT2D eigenvalue weighted by molar-refractivity contribution is 5.30. The van der Waals surface area contributed by atoms with Gasteiger partial charge in [-0.05, 0) is 24.5 Å². The zero-order chi connectivity index (χ0) is 14.2. The van der Waals surface area contributed by atoms with Crippen molar-refractivity contribution < 1.29 is 17.9 Å². The summed E-state index contributed by atoms with van der Waals surface area (Å²) >= 11 is 0. The number of ether oxygens (including phenoxy) is 1. The van der Waals surface area contributed by atoms with Crippen LogP contribution in [0.2, 0.25) is 0 Å². The summed E-state index contributed by atoms with van der Waals surface area (Å²) in [4.78, 5) is 0. The number of hydrogen-bond acceptors (Lipinski definition) is 2. The third-order valence-corrected chi connectivity index (χ3v) is 3.70. The molecule has 1 aromatic rings. The number of fused-ring (bicyclic) bond motifs is 2. The van der Waals surface area contributed by atoms with Gasteiger partial charge in [-0.2, -0.15) is 13.2 Å². The van der Waals surface area contributed by atoms with Gasteiger partial charge in [-0.15, -0.1) is 0 Å². The first-order valence-electron chi connectivity index (χ1n) is 6.70. The van der Waals surface area contributed by atoms with E-state index in [1.165, 1.54) is 17.7 Å². The van der Waals surface area contributed by atoms with Crippen molar-refractivity contribution in [3.8, 4) is 0 Å². The molecule has 0 aliphatic carbocycles. The Morgan fingerprint density at radius 1 is 1.25 bits per heavy atom. The number of benzene rings is 1. The lowest BCUT2D eigenvalue weighted by Gasteiger charge is -2.35. The predicted octanol–water partition coefficient (Wildman–Crippen LogP) is 2.94. The highest BCUT2D eigenvalue weighted by Crippen LogP contribution is 2.30. The Morgan fingerprint density at radius 2 is 2.10 bits per heavy atom. The van der Waals surface area contributed by atoms with Crippen molar-refractivity contribution >= 4 is 0 Å². The van der Waals surface area contributed by atoms with Crippen LogP contribution in [0, 0.1) is 0 Å². The molecule has 0 radical (unpaired) electrons. The molecule has 2 bridgehead atoms. The van der Waals surface area contributed by atoms with E-state index >= 15 is 0 Å². The fourth-order valence-electron chi connectivity index (χ4n) is 2.87. The molecule has 2 unspecified atom stereocenters. The zero-order valence-corrected chi connectivity index (χ0v) is 10.9. The lowest BCUT2D eigenvalue weighted by atomic mass is 9.92. The van der Waals surface area contributed by atoms with Crippen LogP contribution >= 0.6 is 0 Å². The minimum atomic E-state index is -4.27. The van der Waals surface area contributed by atoms with E-state index in [-0.39, 0.29) is 6.04 Å². The summed E-state index contributed by atoms with van der Waals surface area (Å²) in [5, 5.41) is 3.42. The second-order valence-corrected chi connectivity index (χ2v) is 5.41. The molecule has 20 heavy (non-hydrogen) atoms. The van der Waals surface area contributed by atoms with Crippen molar-refractivity contribution in [2.24, 2.45) is 0 Å². The smallest absolute Gasteiger partial charge is 0.378 e. The van der Waals surface area contributed by atoms with E-state index in [4.69, 9.17) is 4.74 Å². The minimum absolute atomic E-state index is 0.197. The van der Waals surface area contributed by atoms with Gasteiger partial charge in [0.1, 0.15) is 0 Å². The summed E-state index contributed by atoms with van der Waals surface area (Å²) in [6, 6.07) is 6.08. The summed E-state index contributed by atoms with van der Waals surface area (Å²) in [7, 11) is 0.